The van der Waals surface area contributed by atoms with Crippen LogP contribution in [0.3, 0.4) is 0 Å². The summed E-state index contributed by atoms with van der Waals surface area (Å²) in [4.78, 5) is 20.4. The minimum absolute atomic E-state index is 0.0107. The molecule has 2 aromatic rings. The van der Waals surface area contributed by atoms with Crippen LogP contribution in [0.25, 0.3) is 0 Å². The molecule has 0 aliphatic rings. The number of rotatable bonds is 7. The second kappa shape index (κ2) is 7.93. The summed E-state index contributed by atoms with van der Waals surface area (Å²) in [6, 6.07) is 10.5. The van der Waals surface area contributed by atoms with Gasteiger partial charge in [0, 0.05) is 12.1 Å². The molecule has 0 aromatic heterocycles. The van der Waals surface area contributed by atoms with Gasteiger partial charge >= 0.3 is 0 Å². The number of nitrogens with one attached hydrogen (secondary N) is 1. The number of aliphatic carboxylic acids is 1. The number of nitro benzene ring substituents is 1. The average Bonchev–Trinajstić information content (AvgIpc) is 2.54. The van der Waals surface area contributed by atoms with Gasteiger partial charge in [0.25, 0.3) is 5.69 Å². The molecule has 124 valence electrons. The lowest BCUT2D eigenvalue weighted by Crippen LogP contribution is -2.28. The first-order valence-electron chi connectivity index (χ1n) is 6.61. The van der Waals surface area contributed by atoms with Crippen LogP contribution in [0.2, 0.25) is 5.02 Å². The van der Waals surface area contributed by atoms with Gasteiger partial charge in [-0.2, -0.15) is 5.10 Å². The standard InChI is InChI=1S/C15H12ClN3O5/c16-13-7-10(1-6-14(13)24-9-15(20)21)8-17-18-11-2-4-12(5-3-11)19(22)23/h1-8,18H,9H2,(H,20,21)/p-1/b17-8-. The number of carboxylic acids is 1. The van der Waals surface area contributed by atoms with Crippen LogP contribution in [-0.2, 0) is 4.79 Å². The smallest absolute Gasteiger partial charge is 0.269 e. The largest absolute Gasteiger partial charge is 0.546 e. The van der Waals surface area contributed by atoms with Gasteiger partial charge in [-0.15, -0.1) is 0 Å². The third-order valence-electron chi connectivity index (χ3n) is 2.79. The summed E-state index contributed by atoms with van der Waals surface area (Å²) in [5.41, 5.74) is 3.94. The van der Waals surface area contributed by atoms with Crippen molar-refractivity contribution < 1.29 is 19.6 Å². The summed E-state index contributed by atoms with van der Waals surface area (Å²) in [5.74, 6) is -1.12. The van der Waals surface area contributed by atoms with E-state index in [9.17, 15) is 20.0 Å². The number of ether oxygens (including phenoxy) is 1. The van der Waals surface area contributed by atoms with Crippen molar-refractivity contribution in [1.82, 2.24) is 0 Å². The molecule has 8 nitrogen and oxygen atoms in total. The van der Waals surface area contributed by atoms with Crippen LogP contribution >= 0.6 is 11.6 Å². The quantitative estimate of drug-likeness (QED) is 0.463. The van der Waals surface area contributed by atoms with Crippen LogP contribution in [0, 0.1) is 10.1 Å². The Morgan fingerprint density at radius 3 is 2.58 bits per heavy atom. The number of carboxylic acid groups (broad SMARTS) is 1. The number of carbonyl (C=O) groups excluding carboxylic acids is 1. The average molecular weight is 349 g/mol. The number of non-ortho nitro benzene ring substituents is 1. The maximum Gasteiger partial charge on any atom is 0.269 e. The third-order valence-corrected chi connectivity index (χ3v) is 3.08. The molecule has 2 rings (SSSR count). The molecule has 0 unspecified atom stereocenters. The molecular weight excluding hydrogens is 338 g/mol. The predicted octanol–water partition coefficient (Wildman–Crippen LogP) is 1.82. The van der Waals surface area contributed by atoms with Crippen molar-refractivity contribution in [2.24, 2.45) is 5.10 Å². The van der Waals surface area contributed by atoms with Crippen LogP contribution in [0.4, 0.5) is 11.4 Å². The number of hydrogen-bond acceptors (Lipinski definition) is 7. The van der Waals surface area contributed by atoms with Crippen molar-refractivity contribution in [2.75, 3.05) is 12.0 Å². The maximum atomic E-state index is 10.6. The Morgan fingerprint density at radius 1 is 1.29 bits per heavy atom. The number of nitrogens with zero attached hydrogens (tertiary/aromatic N) is 2. The van der Waals surface area contributed by atoms with Crippen LogP contribution in [-0.4, -0.2) is 23.7 Å². The Labute approximate surface area is 141 Å². The molecule has 0 spiro atoms. The highest BCUT2D eigenvalue weighted by atomic mass is 35.5. The molecule has 0 saturated carbocycles. The van der Waals surface area contributed by atoms with E-state index in [1.54, 1.807) is 12.1 Å². The monoisotopic (exact) mass is 348 g/mol. The second-order valence-corrected chi connectivity index (χ2v) is 4.93. The lowest BCUT2D eigenvalue weighted by Gasteiger charge is -2.08. The second-order valence-electron chi connectivity index (χ2n) is 4.52. The third kappa shape index (κ3) is 4.96. The molecule has 0 fully saturated rings. The summed E-state index contributed by atoms with van der Waals surface area (Å²) in [5, 5.41) is 25.1. The highest BCUT2D eigenvalue weighted by molar-refractivity contribution is 6.32. The number of hydrazone groups is 1. The van der Waals surface area contributed by atoms with Crippen molar-refractivity contribution in [3.63, 3.8) is 0 Å². The Balaban J connectivity index is 1.97. The highest BCUT2D eigenvalue weighted by Gasteiger charge is 2.04. The minimum Gasteiger partial charge on any atom is -0.546 e. The molecule has 2 aromatic carbocycles. The predicted molar refractivity (Wildman–Crippen MR) is 86.3 cm³/mol. The van der Waals surface area contributed by atoms with Crippen molar-refractivity contribution in [2.45, 2.75) is 0 Å². The normalized spacial score (nSPS) is 10.5. The zero-order valence-electron chi connectivity index (χ0n) is 12.1. The fourth-order valence-corrected chi connectivity index (χ4v) is 1.93. The molecule has 0 saturated heterocycles. The Kier molecular flexibility index (Phi) is 5.69. The van der Waals surface area contributed by atoms with E-state index in [0.29, 0.717) is 11.3 Å². The number of halogens is 1. The fraction of sp³-hybridized carbons (Fsp3) is 0.0667. The van der Waals surface area contributed by atoms with E-state index in [-0.39, 0.29) is 16.5 Å². The van der Waals surface area contributed by atoms with Crippen molar-refractivity contribution in [3.05, 3.63) is 63.2 Å². The maximum absolute atomic E-state index is 10.6. The number of benzene rings is 2. The molecule has 0 heterocycles. The number of hydrogen-bond donors (Lipinski definition) is 1. The minimum atomic E-state index is -1.34. The molecule has 0 aliphatic heterocycles. The van der Waals surface area contributed by atoms with Gasteiger partial charge in [0.1, 0.15) is 12.4 Å². The van der Waals surface area contributed by atoms with E-state index in [4.69, 9.17) is 16.3 Å². The lowest BCUT2D eigenvalue weighted by molar-refractivity contribution is -0.384. The Hall–Kier alpha value is -3.13. The first-order chi connectivity index (χ1) is 11.5. The van der Waals surface area contributed by atoms with Crippen molar-refractivity contribution in [1.29, 1.82) is 0 Å². The molecule has 0 radical (unpaired) electrons. The van der Waals surface area contributed by atoms with E-state index in [0.717, 1.165) is 0 Å². The first-order valence-corrected chi connectivity index (χ1v) is 6.99. The van der Waals surface area contributed by atoms with E-state index >= 15 is 0 Å². The van der Waals surface area contributed by atoms with Crippen molar-refractivity contribution >= 4 is 35.2 Å². The zero-order valence-corrected chi connectivity index (χ0v) is 12.9. The Bertz CT molecular complexity index is 777. The molecule has 0 bridgehead atoms. The van der Waals surface area contributed by atoms with Gasteiger partial charge in [0.2, 0.25) is 0 Å². The van der Waals surface area contributed by atoms with Gasteiger partial charge in [0.05, 0.1) is 27.8 Å². The van der Waals surface area contributed by atoms with Gasteiger partial charge in [0.15, 0.2) is 0 Å². The summed E-state index contributed by atoms with van der Waals surface area (Å²) in [6.45, 7) is -0.588. The van der Waals surface area contributed by atoms with Crippen LogP contribution in [0.5, 0.6) is 5.75 Å². The molecule has 0 amide bonds. The van der Waals surface area contributed by atoms with E-state index in [1.165, 1.54) is 36.5 Å². The molecule has 24 heavy (non-hydrogen) atoms. The number of carbonyl (C=O) groups is 1. The highest BCUT2D eigenvalue weighted by Crippen LogP contribution is 2.24. The topological polar surface area (TPSA) is 117 Å². The zero-order chi connectivity index (χ0) is 17.5. The number of anilines is 1. The molecular formula is C15H11ClN3O5-. The molecule has 0 aliphatic carbocycles. The van der Waals surface area contributed by atoms with Gasteiger partial charge in [-0.3, -0.25) is 15.5 Å². The van der Waals surface area contributed by atoms with Crippen molar-refractivity contribution in [3.8, 4) is 5.75 Å². The van der Waals surface area contributed by atoms with Crippen LogP contribution in [0.1, 0.15) is 5.56 Å². The SMILES string of the molecule is O=C([O-])COc1ccc(/C=N\Nc2ccc([N+](=O)[O-])cc2)cc1Cl. The fourth-order valence-electron chi connectivity index (χ4n) is 1.69. The van der Waals surface area contributed by atoms with Gasteiger partial charge in [-0.25, -0.2) is 0 Å². The van der Waals surface area contributed by atoms with E-state index in [2.05, 4.69) is 10.5 Å². The molecule has 0 atom stereocenters. The summed E-state index contributed by atoms with van der Waals surface area (Å²) < 4.78 is 4.95. The Morgan fingerprint density at radius 2 is 2.00 bits per heavy atom. The molecule has 1 N–H and O–H groups in total. The lowest BCUT2D eigenvalue weighted by atomic mass is 10.2. The van der Waals surface area contributed by atoms with E-state index in [1.807, 2.05) is 0 Å². The van der Waals surface area contributed by atoms with Gasteiger partial charge in [-0.1, -0.05) is 11.6 Å². The van der Waals surface area contributed by atoms with Gasteiger partial charge in [-0.05, 0) is 35.9 Å². The summed E-state index contributed by atoms with van der Waals surface area (Å²) in [7, 11) is 0. The van der Waals surface area contributed by atoms with Crippen LogP contribution in [0.15, 0.2) is 47.6 Å². The molecule has 9 heteroatoms. The summed E-state index contributed by atoms with van der Waals surface area (Å²) >= 11 is 5.97. The number of nitro groups is 1. The summed E-state index contributed by atoms with van der Waals surface area (Å²) in [6.07, 6.45) is 1.48. The van der Waals surface area contributed by atoms with E-state index < -0.39 is 17.5 Å². The van der Waals surface area contributed by atoms with Gasteiger partial charge < -0.3 is 14.6 Å². The first kappa shape index (κ1) is 17.2. The van der Waals surface area contributed by atoms with Crippen LogP contribution < -0.4 is 15.3 Å².